The number of ether oxygens (including phenoxy) is 1. The fraction of sp³-hybridized carbons (Fsp3) is 0.222. The van der Waals surface area contributed by atoms with Crippen LogP contribution in [0.4, 0.5) is 20.2 Å². The molecule has 0 aromatic heterocycles. The van der Waals surface area contributed by atoms with Crippen LogP contribution >= 0.6 is 0 Å². The molecule has 0 aliphatic heterocycles. The Balaban J connectivity index is 2.09. The summed E-state index contributed by atoms with van der Waals surface area (Å²) in [7, 11) is 1.41. The fourth-order valence-corrected chi connectivity index (χ4v) is 2.21. The van der Waals surface area contributed by atoms with Crippen molar-refractivity contribution in [1.29, 1.82) is 0 Å². The van der Waals surface area contributed by atoms with Crippen LogP contribution in [-0.2, 0) is 20.7 Å². The number of nitrogens with one attached hydrogen (secondary N) is 2. The largest absolute Gasteiger partial charge is 0.375 e. The second kappa shape index (κ2) is 8.34. The molecule has 0 radical (unpaired) electrons. The van der Waals surface area contributed by atoms with Gasteiger partial charge in [-0.3, -0.25) is 9.59 Å². The number of carbonyl (C=O) groups excluding carboxylic acids is 2. The third kappa shape index (κ3) is 5.36. The Morgan fingerprint density at radius 1 is 1.04 bits per heavy atom. The summed E-state index contributed by atoms with van der Waals surface area (Å²) in [4.78, 5) is 23.7. The predicted octanol–water partition coefficient (Wildman–Crippen LogP) is 3.04. The molecule has 2 rings (SSSR count). The smallest absolute Gasteiger partial charge is 0.250 e. The number of hydrogen-bond acceptors (Lipinski definition) is 3. The molecular weight excluding hydrogens is 330 g/mol. The van der Waals surface area contributed by atoms with Gasteiger partial charge in [-0.2, -0.15) is 0 Å². The lowest BCUT2D eigenvalue weighted by molar-refractivity contribution is -0.119. The van der Waals surface area contributed by atoms with Gasteiger partial charge < -0.3 is 15.4 Å². The van der Waals surface area contributed by atoms with Gasteiger partial charge in [-0.05, 0) is 42.8 Å². The van der Waals surface area contributed by atoms with Crippen molar-refractivity contribution in [2.45, 2.75) is 13.3 Å². The SMILES string of the molecule is COCC(=O)Nc1ccc(C)c(NC(=O)Cc2cc(F)ccc2F)c1. The summed E-state index contributed by atoms with van der Waals surface area (Å²) in [6, 6.07) is 7.96. The molecule has 25 heavy (non-hydrogen) atoms. The molecule has 0 spiro atoms. The third-order valence-electron chi connectivity index (χ3n) is 3.43. The van der Waals surface area contributed by atoms with Crippen LogP contribution in [-0.4, -0.2) is 25.5 Å². The van der Waals surface area contributed by atoms with Crippen LogP contribution in [0, 0.1) is 18.6 Å². The van der Waals surface area contributed by atoms with E-state index in [-0.39, 0.29) is 24.5 Å². The van der Waals surface area contributed by atoms with Gasteiger partial charge in [0.15, 0.2) is 0 Å². The van der Waals surface area contributed by atoms with Crippen molar-refractivity contribution in [2.24, 2.45) is 0 Å². The minimum atomic E-state index is -0.645. The van der Waals surface area contributed by atoms with E-state index >= 15 is 0 Å². The summed E-state index contributed by atoms with van der Waals surface area (Å²) < 4.78 is 31.5. The lowest BCUT2D eigenvalue weighted by Gasteiger charge is -2.12. The molecule has 2 aromatic carbocycles. The topological polar surface area (TPSA) is 67.4 Å². The summed E-state index contributed by atoms with van der Waals surface area (Å²) in [6.45, 7) is 1.69. The molecule has 2 aromatic rings. The van der Waals surface area contributed by atoms with Crippen LogP contribution in [0.1, 0.15) is 11.1 Å². The number of aryl methyl sites for hydroxylation is 1. The number of benzene rings is 2. The molecule has 0 bridgehead atoms. The van der Waals surface area contributed by atoms with E-state index in [1.165, 1.54) is 7.11 Å². The summed E-state index contributed by atoms with van der Waals surface area (Å²) in [5, 5.41) is 5.27. The molecule has 7 heteroatoms. The van der Waals surface area contributed by atoms with Gasteiger partial charge in [-0.25, -0.2) is 8.78 Å². The number of halogens is 2. The molecule has 0 atom stereocenters. The van der Waals surface area contributed by atoms with Crippen LogP contribution in [0.15, 0.2) is 36.4 Å². The Kier molecular flexibility index (Phi) is 6.19. The number of methoxy groups -OCH3 is 1. The number of hydrogen-bond donors (Lipinski definition) is 2. The lowest BCUT2D eigenvalue weighted by atomic mass is 10.1. The van der Waals surface area contributed by atoms with E-state index in [1.807, 2.05) is 0 Å². The highest BCUT2D eigenvalue weighted by molar-refractivity contribution is 5.95. The minimum absolute atomic E-state index is 0.0281. The third-order valence-corrected chi connectivity index (χ3v) is 3.43. The highest BCUT2D eigenvalue weighted by atomic mass is 19.1. The standard InChI is InChI=1S/C18H18F2N2O3/c1-11-3-5-14(21-18(24)10-25-2)9-16(11)22-17(23)8-12-7-13(19)4-6-15(12)20/h3-7,9H,8,10H2,1-2H3,(H,21,24)(H,22,23). The van der Waals surface area contributed by atoms with Crippen molar-refractivity contribution in [3.05, 3.63) is 59.2 Å². The summed E-state index contributed by atoms with van der Waals surface area (Å²) in [5.74, 6) is -2.07. The summed E-state index contributed by atoms with van der Waals surface area (Å²) >= 11 is 0. The maximum atomic E-state index is 13.6. The molecule has 0 saturated heterocycles. The first-order valence-corrected chi connectivity index (χ1v) is 7.52. The van der Waals surface area contributed by atoms with Crippen LogP contribution in [0.3, 0.4) is 0 Å². The van der Waals surface area contributed by atoms with Crippen molar-refractivity contribution >= 4 is 23.2 Å². The Labute approximate surface area is 144 Å². The van der Waals surface area contributed by atoms with Gasteiger partial charge in [-0.15, -0.1) is 0 Å². The van der Waals surface area contributed by atoms with Crippen LogP contribution < -0.4 is 10.6 Å². The van der Waals surface area contributed by atoms with E-state index in [0.29, 0.717) is 11.4 Å². The van der Waals surface area contributed by atoms with Gasteiger partial charge in [0.05, 0.1) is 6.42 Å². The Bertz CT molecular complexity index is 794. The summed E-state index contributed by atoms with van der Waals surface area (Å²) in [6.07, 6.45) is -0.302. The Hall–Kier alpha value is -2.80. The number of rotatable bonds is 6. The first kappa shape index (κ1) is 18.5. The van der Waals surface area contributed by atoms with Gasteiger partial charge in [0, 0.05) is 24.0 Å². The quantitative estimate of drug-likeness (QED) is 0.843. The van der Waals surface area contributed by atoms with Gasteiger partial charge in [0.25, 0.3) is 0 Å². The zero-order valence-corrected chi connectivity index (χ0v) is 13.9. The zero-order chi connectivity index (χ0) is 18.4. The summed E-state index contributed by atoms with van der Waals surface area (Å²) in [5.41, 5.74) is 1.69. The van der Waals surface area contributed by atoms with Crippen LogP contribution in [0.5, 0.6) is 0 Å². The predicted molar refractivity (Wildman–Crippen MR) is 90.4 cm³/mol. The molecular formula is C18H18F2N2O3. The first-order chi connectivity index (χ1) is 11.9. The highest BCUT2D eigenvalue weighted by Crippen LogP contribution is 2.21. The monoisotopic (exact) mass is 348 g/mol. The van der Waals surface area contributed by atoms with E-state index < -0.39 is 17.5 Å². The van der Waals surface area contributed by atoms with Crippen molar-refractivity contribution in [3.63, 3.8) is 0 Å². The highest BCUT2D eigenvalue weighted by Gasteiger charge is 2.12. The number of carbonyl (C=O) groups is 2. The van der Waals surface area contributed by atoms with Gasteiger partial charge in [0.1, 0.15) is 18.2 Å². The van der Waals surface area contributed by atoms with E-state index in [2.05, 4.69) is 10.6 Å². The molecule has 0 heterocycles. The Morgan fingerprint density at radius 2 is 1.80 bits per heavy atom. The zero-order valence-electron chi connectivity index (χ0n) is 13.9. The molecule has 0 aliphatic rings. The first-order valence-electron chi connectivity index (χ1n) is 7.52. The molecule has 0 unspecified atom stereocenters. The van der Waals surface area contributed by atoms with E-state index in [4.69, 9.17) is 4.74 Å². The molecule has 2 N–H and O–H groups in total. The number of amides is 2. The maximum absolute atomic E-state index is 13.6. The molecule has 2 amide bonds. The maximum Gasteiger partial charge on any atom is 0.250 e. The molecule has 5 nitrogen and oxygen atoms in total. The van der Waals surface area contributed by atoms with Crippen LogP contribution in [0.25, 0.3) is 0 Å². The molecule has 0 saturated carbocycles. The Morgan fingerprint density at radius 3 is 2.52 bits per heavy atom. The second-order valence-corrected chi connectivity index (χ2v) is 5.47. The lowest BCUT2D eigenvalue weighted by Crippen LogP contribution is -2.18. The van der Waals surface area contributed by atoms with Crippen molar-refractivity contribution in [3.8, 4) is 0 Å². The average Bonchev–Trinajstić information content (AvgIpc) is 2.54. The minimum Gasteiger partial charge on any atom is -0.375 e. The average molecular weight is 348 g/mol. The second-order valence-electron chi connectivity index (χ2n) is 5.47. The fourth-order valence-electron chi connectivity index (χ4n) is 2.21. The van der Waals surface area contributed by atoms with Crippen molar-refractivity contribution in [1.82, 2.24) is 0 Å². The van der Waals surface area contributed by atoms with E-state index in [9.17, 15) is 18.4 Å². The molecule has 132 valence electrons. The molecule has 0 aliphatic carbocycles. The van der Waals surface area contributed by atoms with Gasteiger partial charge in [-0.1, -0.05) is 6.07 Å². The van der Waals surface area contributed by atoms with Crippen molar-refractivity contribution in [2.75, 3.05) is 24.4 Å². The van der Waals surface area contributed by atoms with E-state index in [0.717, 1.165) is 23.8 Å². The number of anilines is 2. The van der Waals surface area contributed by atoms with Gasteiger partial charge >= 0.3 is 0 Å². The normalized spacial score (nSPS) is 10.4. The van der Waals surface area contributed by atoms with Crippen molar-refractivity contribution < 1.29 is 23.1 Å². The van der Waals surface area contributed by atoms with Crippen LogP contribution in [0.2, 0.25) is 0 Å². The van der Waals surface area contributed by atoms with Gasteiger partial charge in [0.2, 0.25) is 11.8 Å². The van der Waals surface area contributed by atoms with E-state index in [1.54, 1.807) is 25.1 Å². The molecule has 0 fully saturated rings.